The van der Waals surface area contributed by atoms with E-state index in [1.54, 1.807) is 0 Å². The van der Waals surface area contributed by atoms with Crippen molar-refractivity contribution in [2.24, 2.45) is 0 Å². The highest BCUT2D eigenvalue weighted by molar-refractivity contribution is 5.29. The van der Waals surface area contributed by atoms with Gasteiger partial charge in [0.2, 0.25) is 0 Å². The minimum atomic E-state index is 0.574. The summed E-state index contributed by atoms with van der Waals surface area (Å²) in [5, 5.41) is 3.47. The second kappa shape index (κ2) is 7.55. The van der Waals surface area contributed by atoms with Crippen molar-refractivity contribution in [2.75, 3.05) is 19.6 Å². The summed E-state index contributed by atoms with van der Waals surface area (Å²) in [4.78, 5) is 2.49. The quantitative estimate of drug-likeness (QED) is 0.797. The van der Waals surface area contributed by atoms with E-state index >= 15 is 0 Å². The topological polar surface area (TPSA) is 15.3 Å². The molecule has 0 bridgehead atoms. The van der Waals surface area contributed by atoms with Crippen LogP contribution >= 0.6 is 0 Å². The molecule has 0 heterocycles. The Morgan fingerprint density at radius 1 is 1.17 bits per heavy atom. The third-order valence-corrected chi connectivity index (χ3v) is 3.41. The Morgan fingerprint density at radius 3 is 2.44 bits per heavy atom. The number of likely N-dealkylation sites (N-methyl/N-ethyl adjacent to an activating group) is 1. The molecular formula is C16H28N2. The van der Waals surface area contributed by atoms with Gasteiger partial charge in [-0.3, -0.25) is 4.90 Å². The smallest absolute Gasteiger partial charge is 0.0234 e. The molecule has 102 valence electrons. The van der Waals surface area contributed by atoms with Gasteiger partial charge in [-0.1, -0.05) is 39.0 Å². The highest BCUT2D eigenvalue weighted by atomic mass is 15.1. The van der Waals surface area contributed by atoms with Gasteiger partial charge in [0, 0.05) is 25.7 Å². The maximum atomic E-state index is 3.47. The first-order chi connectivity index (χ1) is 8.52. The molecule has 18 heavy (non-hydrogen) atoms. The summed E-state index contributed by atoms with van der Waals surface area (Å²) in [6.45, 7) is 15.3. The van der Waals surface area contributed by atoms with Crippen molar-refractivity contribution >= 4 is 0 Å². The molecule has 1 N–H and O–H groups in total. The van der Waals surface area contributed by atoms with E-state index in [4.69, 9.17) is 0 Å². The summed E-state index contributed by atoms with van der Waals surface area (Å²) in [5.74, 6) is 0. The zero-order valence-corrected chi connectivity index (χ0v) is 12.6. The van der Waals surface area contributed by atoms with Crippen LogP contribution in [0.15, 0.2) is 18.2 Å². The molecule has 0 atom stereocenters. The van der Waals surface area contributed by atoms with Crippen molar-refractivity contribution < 1.29 is 0 Å². The number of benzene rings is 1. The average molecular weight is 248 g/mol. The second-order valence-electron chi connectivity index (χ2n) is 5.40. The SMILES string of the molecule is CCN(CCNC(C)C)Cc1ccc(C)c(C)c1. The third-order valence-electron chi connectivity index (χ3n) is 3.41. The van der Waals surface area contributed by atoms with Crippen molar-refractivity contribution in [3.8, 4) is 0 Å². The lowest BCUT2D eigenvalue weighted by Crippen LogP contribution is -2.34. The molecule has 0 amide bonds. The minimum Gasteiger partial charge on any atom is -0.313 e. The molecule has 1 rings (SSSR count). The van der Waals surface area contributed by atoms with Gasteiger partial charge < -0.3 is 5.32 Å². The Balaban J connectivity index is 2.49. The standard InChI is InChI=1S/C16H28N2/c1-6-18(10-9-17-13(2)3)12-16-8-7-14(4)15(5)11-16/h7-8,11,13,17H,6,9-10,12H2,1-5H3. The fourth-order valence-electron chi connectivity index (χ4n) is 2.02. The summed E-state index contributed by atoms with van der Waals surface area (Å²) >= 11 is 0. The number of rotatable bonds is 7. The Morgan fingerprint density at radius 2 is 1.89 bits per heavy atom. The first kappa shape index (κ1) is 15.2. The Bertz CT molecular complexity index is 358. The number of aryl methyl sites for hydroxylation is 2. The molecule has 0 aromatic heterocycles. The largest absolute Gasteiger partial charge is 0.313 e. The Hall–Kier alpha value is -0.860. The van der Waals surface area contributed by atoms with Crippen molar-refractivity contribution in [3.63, 3.8) is 0 Å². The molecule has 0 saturated carbocycles. The van der Waals surface area contributed by atoms with E-state index in [0.29, 0.717) is 6.04 Å². The lowest BCUT2D eigenvalue weighted by molar-refractivity contribution is 0.276. The fourth-order valence-corrected chi connectivity index (χ4v) is 2.02. The molecule has 0 radical (unpaired) electrons. The zero-order chi connectivity index (χ0) is 13.5. The fraction of sp³-hybridized carbons (Fsp3) is 0.625. The van der Waals surface area contributed by atoms with Gasteiger partial charge in [-0.15, -0.1) is 0 Å². The van der Waals surface area contributed by atoms with E-state index < -0.39 is 0 Å². The number of nitrogens with zero attached hydrogens (tertiary/aromatic N) is 1. The first-order valence-electron chi connectivity index (χ1n) is 7.04. The van der Waals surface area contributed by atoms with Crippen LogP contribution in [0.1, 0.15) is 37.5 Å². The van der Waals surface area contributed by atoms with Gasteiger partial charge in [0.25, 0.3) is 0 Å². The molecule has 1 aromatic rings. The molecule has 2 nitrogen and oxygen atoms in total. The van der Waals surface area contributed by atoms with Crippen LogP contribution in [0.25, 0.3) is 0 Å². The van der Waals surface area contributed by atoms with Crippen LogP contribution in [-0.2, 0) is 6.54 Å². The van der Waals surface area contributed by atoms with Crippen molar-refractivity contribution in [1.82, 2.24) is 10.2 Å². The predicted molar refractivity (Wildman–Crippen MR) is 80.0 cm³/mol. The van der Waals surface area contributed by atoms with E-state index in [-0.39, 0.29) is 0 Å². The van der Waals surface area contributed by atoms with Crippen LogP contribution in [0.2, 0.25) is 0 Å². The van der Waals surface area contributed by atoms with Crippen LogP contribution in [0.5, 0.6) is 0 Å². The summed E-state index contributed by atoms with van der Waals surface area (Å²) in [6, 6.07) is 7.37. The Labute approximate surface area is 112 Å². The van der Waals surface area contributed by atoms with Gasteiger partial charge in [-0.2, -0.15) is 0 Å². The van der Waals surface area contributed by atoms with Crippen molar-refractivity contribution in [1.29, 1.82) is 0 Å². The van der Waals surface area contributed by atoms with E-state index in [2.05, 4.69) is 63.0 Å². The van der Waals surface area contributed by atoms with Crippen LogP contribution in [0.4, 0.5) is 0 Å². The average Bonchev–Trinajstić information content (AvgIpc) is 2.32. The van der Waals surface area contributed by atoms with Crippen LogP contribution in [-0.4, -0.2) is 30.6 Å². The van der Waals surface area contributed by atoms with Crippen molar-refractivity contribution in [2.45, 2.75) is 47.2 Å². The molecule has 0 unspecified atom stereocenters. The monoisotopic (exact) mass is 248 g/mol. The normalized spacial score (nSPS) is 11.5. The first-order valence-corrected chi connectivity index (χ1v) is 7.04. The van der Waals surface area contributed by atoms with E-state index in [0.717, 1.165) is 26.2 Å². The van der Waals surface area contributed by atoms with Crippen LogP contribution < -0.4 is 5.32 Å². The highest BCUT2D eigenvalue weighted by Gasteiger charge is 2.04. The molecule has 1 aromatic carbocycles. The minimum absolute atomic E-state index is 0.574. The van der Waals surface area contributed by atoms with Crippen molar-refractivity contribution in [3.05, 3.63) is 34.9 Å². The van der Waals surface area contributed by atoms with Gasteiger partial charge in [0.15, 0.2) is 0 Å². The predicted octanol–water partition coefficient (Wildman–Crippen LogP) is 3.12. The third kappa shape index (κ3) is 5.19. The second-order valence-corrected chi connectivity index (χ2v) is 5.40. The molecule has 2 heteroatoms. The van der Waals surface area contributed by atoms with E-state index in [1.165, 1.54) is 16.7 Å². The van der Waals surface area contributed by atoms with Gasteiger partial charge in [0.1, 0.15) is 0 Å². The summed E-state index contributed by atoms with van der Waals surface area (Å²) in [6.07, 6.45) is 0. The molecule has 0 fully saturated rings. The number of hydrogen-bond donors (Lipinski definition) is 1. The van der Waals surface area contributed by atoms with E-state index in [1.807, 2.05) is 0 Å². The summed E-state index contributed by atoms with van der Waals surface area (Å²) < 4.78 is 0. The zero-order valence-electron chi connectivity index (χ0n) is 12.6. The van der Waals surface area contributed by atoms with Gasteiger partial charge in [0.05, 0.1) is 0 Å². The summed E-state index contributed by atoms with van der Waals surface area (Å²) in [7, 11) is 0. The van der Waals surface area contributed by atoms with Gasteiger partial charge in [-0.25, -0.2) is 0 Å². The maximum Gasteiger partial charge on any atom is 0.0234 e. The lowest BCUT2D eigenvalue weighted by Gasteiger charge is -2.22. The van der Waals surface area contributed by atoms with Crippen LogP contribution in [0.3, 0.4) is 0 Å². The number of hydrogen-bond acceptors (Lipinski definition) is 2. The molecular weight excluding hydrogens is 220 g/mol. The summed E-state index contributed by atoms with van der Waals surface area (Å²) in [5.41, 5.74) is 4.19. The molecule has 0 saturated heterocycles. The molecule has 0 aliphatic heterocycles. The lowest BCUT2D eigenvalue weighted by atomic mass is 10.1. The van der Waals surface area contributed by atoms with E-state index in [9.17, 15) is 0 Å². The molecule has 0 aliphatic rings. The maximum absolute atomic E-state index is 3.47. The molecule has 0 aliphatic carbocycles. The Kier molecular flexibility index (Phi) is 6.37. The number of nitrogens with one attached hydrogen (secondary N) is 1. The van der Waals surface area contributed by atoms with Gasteiger partial charge >= 0.3 is 0 Å². The highest BCUT2D eigenvalue weighted by Crippen LogP contribution is 2.11. The molecule has 0 spiro atoms. The van der Waals surface area contributed by atoms with Gasteiger partial charge in [-0.05, 0) is 37.1 Å². The van der Waals surface area contributed by atoms with Crippen LogP contribution in [0, 0.1) is 13.8 Å².